The second-order valence-electron chi connectivity index (χ2n) is 8.19. The molecular formula is C22H27FN6O. The standard InChI is InChI=1S/C22H27FN6O/c1-14(23)21(30)20-12-25-8-9-29(20)17-5-3-16(4-6-17)28-22-18-10-15(11-24)2-7-19(18)26-13-27-22/h2,7,10,13-14,16-17,20,25H,3-6,8-9,12H2,1H3,(H,26,27,28). The average molecular weight is 410 g/mol. The summed E-state index contributed by atoms with van der Waals surface area (Å²) in [7, 11) is 0. The van der Waals surface area contributed by atoms with Gasteiger partial charge in [-0.25, -0.2) is 14.4 Å². The average Bonchev–Trinajstić information content (AvgIpc) is 2.79. The summed E-state index contributed by atoms with van der Waals surface area (Å²) in [6.07, 6.45) is 3.91. The summed E-state index contributed by atoms with van der Waals surface area (Å²) in [5.41, 5.74) is 1.39. The van der Waals surface area contributed by atoms with Crippen LogP contribution in [0.1, 0.15) is 38.2 Å². The van der Waals surface area contributed by atoms with Crippen molar-refractivity contribution in [3.63, 3.8) is 0 Å². The first-order chi connectivity index (χ1) is 14.6. The highest BCUT2D eigenvalue weighted by Gasteiger charge is 2.37. The lowest BCUT2D eigenvalue weighted by molar-refractivity contribution is -0.130. The Morgan fingerprint density at radius 3 is 2.87 bits per heavy atom. The van der Waals surface area contributed by atoms with E-state index in [0.29, 0.717) is 18.2 Å². The summed E-state index contributed by atoms with van der Waals surface area (Å²) < 4.78 is 13.7. The van der Waals surface area contributed by atoms with Gasteiger partial charge in [0.2, 0.25) is 0 Å². The molecule has 2 aliphatic rings. The predicted molar refractivity (Wildman–Crippen MR) is 113 cm³/mol. The molecule has 1 saturated heterocycles. The molecule has 2 fully saturated rings. The summed E-state index contributed by atoms with van der Waals surface area (Å²) in [4.78, 5) is 23.2. The Bertz CT molecular complexity index is 950. The SMILES string of the molecule is CC(F)C(=O)C1CNCCN1C1CCC(Nc2ncnc3ccc(C#N)cc23)CC1. The van der Waals surface area contributed by atoms with Gasteiger partial charge in [-0.2, -0.15) is 5.26 Å². The zero-order chi connectivity index (χ0) is 21.1. The minimum Gasteiger partial charge on any atom is -0.367 e. The van der Waals surface area contributed by atoms with Crippen molar-refractivity contribution < 1.29 is 9.18 Å². The number of carbonyl (C=O) groups is 1. The fraction of sp³-hybridized carbons (Fsp3) is 0.545. The van der Waals surface area contributed by atoms with Gasteiger partial charge in [0.05, 0.1) is 23.2 Å². The highest BCUT2D eigenvalue weighted by molar-refractivity contribution is 5.90. The van der Waals surface area contributed by atoms with Gasteiger partial charge in [0.15, 0.2) is 12.0 Å². The number of anilines is 1. The minimum absolute atomic E-state index is 0.266. The zero-order valence-electron chi connectivity index (χ0n) is 17.1. The van der Waals surface area contributed by atoms with Crippen LogP contribution in [-0.2, 0) is 4.79 Å². The van der Waals surface area contributed by atoms with Crippen LogP contribution in [0.2, 0.25) is 0 Å². The number of piperazine rings is 1. The molecule has 1 saturated carbocycles. The van der Waals surface area contributed by atoms with Crippen LogP contribution in [0.15, 0.2) is 24.5 Å². The molecule has 1 aliphatic carbocycles. The number of rotatable bonds is 5. The zero-order valence-corrected chi connectivity index (χ0v) is 17.1. The molecule has 4 rings (SSSR count). The molecule has 1 aliphatic heterocycles. The molecule has 2 aromatic rings. The Morgan fingerprint density at radius 2 is 2.13 bits per heavy atom. The van der Waals surface area contributed by atoms with Crippen LogP contribution >= 0.6 is 0 Å². The van der Waals surface area contributed by atoms with Crippen molar-refractivity contribution in [1.82, 2.24) is 20.2 Å². The van der Waals surface area contributed by atoms with E-state index in [9.17, 15) is 14.4 Å². The van der Waals surface area contributed by atoms with Gasteiger partial charge in [-0.15, -0.1) is 0 Å². The first-order valence-electron chi connectivity index (χ1n) is 10.6. The van der Waals surface area contributed by atoms with E-state index in [1.165, 1.54) is 13.3 Å². The van der Waals surface area contributed by atoms with Gasteiger partial charge in [0.1, 0.15) is 12.1 Å². The molecule has 8 heteroatoms. The van der Waals surface area contributed by atoms with Crippen LogP contribution in [0.25, 0.3) is 10.9 Å². The van der Waals surface area contributed by atoms with Crippen LogP contribution in [0.3, 0.4) is 0 Å². The van der Waals surface area contributed by atoms with Crippen LogP contribution in [0.4, 0.5) is 10.2 Å². The van der Waals surface area contributed by atoms with Gasteiger partial charge in [-0.05, 0) is 50.8 Å². The number of aromatic nitrogens is 2. The molecule has 30 heavy (non-hydrogen) atoms. The quantitative estimate of drug-likeness (QED) is 0.782. The normalized spacial score (nSPS) is 26.1. The van der Waals surface area contributed by atoms with Crippen LogP contribution in [0, 0.1) is 11.3 Å². The Labute approximate surface area is 175 Å². The predicted octanol–water partition coefficient (Wildman–Crippen LogP) is 2.43. The number of benzene rings is 1. The van der Waals surface area contributed by atoms with E-state index in [-0.39, 0.29) is 17.9 Å². The summed E-state index contributed by atoms with van der Waals surface area (Å²) >= 11 is 0. The lowest BCUT2D eigenvalue weighted by Gasteiger charge is -2.43. The van der Waals surface area contributed by atoms with Crippen molar-refractivity contribution in [1.29, 1.82) is 5.26 Å². The molecule has 0 bridgehead atoms. The number of nitrogens with zero attached hydrogens (tertiary/aromatic N) is 4. The lowest BCUT2D eigenvalue weighted by Crippen LogP contribution is -2.60. The van der Waals surface area contributed by atoms with E-state index in [1.807, 2.05) is 12.1 Å². The largest absolute Gasteiger partial charge is 0.367 e. The van der Waals surface area contributed by atoms with E-state index in [2.05, 4.69) is 31.6 Å². The number of Topliss-reactive ketones (excluding diaryl/α,β-unsaturated/α-hetero) is 1. The topological polar surface area (TPSA) is 93.9 Å². The van der Waals surface area contributed by atoms with Gasteiger partial charge < -0.3 is 10.6 Å². The van der Waals surface area contributed by atoms with Crippen molar-refractivity contribution in [2.75, 3.05) is 25.0 Å². The third kappa shape index (κ3) is 4.27. The second-order valence-corrected chi connectivity index (χ2v) is 8.19. The number of nitriles is 1. The Kier molecular flexibility index (Phi) is 6.21. The van der Waals surface area contributed by atoms with Crippen LogP contribution in [-0.4, -0.2) is 64.6 Å². The van der Waals surface area contributed by atoms with E-state index < -0.39 is 6.17 Å². The van der Waals surface area contributed by atoms with Gasteiger partial charge in [-0.1, -0.05) is 0 Å². The Hall–Kier alpha value is -2.63. The highest BCUT2D eigenvalue weighted by Crippen LogP contribution is 2.29. The molecule has 2 N–H and O–H groups in total. The molecular weight excluding hydrogens is 383 g/mol. The second kappa shape index (κ2) is 9.02. The van der Waals surface area contributed by atoms with Crippen molar-refractivity contribution in [3.8, 4) is 6.07 Å². The van der Waals surface area contributed by atoms with Crippen molar-refractivity contribution in [2.45, 2.75) is 56.9 Å². The molecule has 1 aromatic heterocycles. The lowest BCUT2D eigenvalue weighted by atomic mass is 9.88. The Balaban J connectivity index is 1.42. The van der Waals surface area contributed by atoms with Crippen molar-refractivity contribution in [3.05, 3.63) is 30.1 Å². The molecule has 2 atom stereocenters. The maximum Gasteiger partial charge on any atom is 0.184 e. The van der Waals surface area contributed by atoms with Gasteiger partial charge in [0, 0.05) is 37.1 Å². The Morgan fingerprint density at radius 1 is 1.33 bits per heavy atom. The van der Waals surface area contributed by atoms with Crippen LogP contribution in [0.5, 0.6) is 0 Å². The smallest absolute Gasteiger partial charge is 0.184 e. The summed E-state index contributed by atoms with van der Waals surface area (Å²) in [6, 6.07) is 7.77. The number of alkyl halides is 1. The number of ketones is 1. The van der Waals surface area contributed by atoms with Gasteiger partial charge >= 0.3 is 0 Å². The number of nitrogens with one attached hydrogen (secondary N) is 2. The number of fused-ring (bicyclic) bond motifs is 1. The van der Waals surface area contributed by atoms with Gasteiger partial charge in [0.25, 0.3) is 0 Å². The van der Waals surface area contributed by atoms with E-state index in [4.69, 9.17) is 0 Å². The molecule has 0 amide bonds. The maximum absolute atomic E-state index is 13.7. The molecule has 0 spiro atoms. The van der Waals surface area contributed by atoms with Crippen LogP contribution < -0.4 is 10.6 Å². The third-order valence-corrected chi connectivity index (χ3v) is 6.28. The number of halogens is 1. The maximum atomic E-state index is 13.7. The van der Waals surface area contributed by atoms with E-state index in [0.717, 1.165) is 55.5 Å². The molecule has 2 unspecified atom stereocenters. The number of hydrogen-bond acceptors (Lipinski definition) is 7. The summed E-state index contributed by atoms with van der Waals surface area (Å²) in [5.74, 6) is 0.435. The van der Waals surface area contributed by atoms with Crippen molar-refractivity contribution in [2.24, 2.45) is 0 Å². The molecule has 158 valence electrons. The van der Waals surface area contributed by atoms with Crippen molar-refractivity contribution >= 4 is 22.5 Å². The van der Waals surface area contributed by atoms with Gasteiger partial charge in [-0.3, -0.25) is 9.69 Å². The number of hydrogen-bond donors (Lipinski definition) is 2. The first kappa shape index (κ1) is 20.6. The number of carbonyl (C=O) groups excluding carboxylic acids is 1. The summed E-state index contributed by atoms with van der Waals surface area (Å²) in [5, 5.41) is 16.8. The molecule has 2 heterocycles. The fourth-order valence-electron chi connectivity index (χ4n) is 4.67. The molecule has 7 nitrogen and oxygen atoms in total. The monoisotopic (exact) mass is 410 g/mol. The highest BCUT2D eigenvalue weighted by atomic mass is 19.1. The minimum atomic E-state index is -1.43. The fourth-order valence-corrected chi connectivity index (χ4v) is 4.67. The molecule has 0 radical (unpaired) electrons. The summed E-state index contributed by atoms with van der Waals surface area (Å²) in [6.45, 7) is 3.47. The van der Waals surface area contributed by atoms with E-state index >= 15 is 0 Å². The van der Waals surface area contributed by atoms with E-state index in [1.54, 1.807) is 6.07 Å². The first-order valence-corrected chi connectivity index (χ1v) is 10.6. The third-order valence-electron chi connectivity index (χ3n) is 6.28. The molecule has 1 aromatic carbocycles.